The highest BCUT2D eigenvalue weighted by Crippen LogP contribution is 2.23. The maximum absolute atomic E-state index is 12.1. The number of amides is 1. The van der Waals surface area contributed by atoms with Crippen molar-refractivity contribution in [3.63, 3.8) is 0 Å². The first kappa shape index (κ1) is 15.2. The molecular formula is C18H19N3O2. The van der Waals surface area contributed by atoms with E-state index in [4.69, 9.17) is 4.42 Å². The molecule has 23 heavy (non-hydrogen) atoms. The molecule has 0 aliphatic rings. The SMILES string of the molecule is CC(C)c1nc2cc(NC(=O)CCc3ccncc3)ccc2o1. The van der Waals surface area contributed by atoms with Gasteiger partial charge in [0.15, 0.2) is 11.5 Å². The molecule has 5 nitrogen and oxygen atoms in total. The minimum absolute atomic E-state index is 0.0197. The average Bonchev–Trinajstić information content (AvgIpc) is 2.97. The Hall–Kier alpha value is -2.69. The molecule has 2 heterocycles. The van der Waals surface area contributed by atoms with E-state index in [1.54, 1.807) is 12.4 Å². The molecule has 1 N–H and O–H groups in total. The number of anilines is 1. The largest absolute Gasteiger partial charge is 0.440 e. The summed E-state index contributed by atoms with van der Waals surface area (Å²) < 4.78 is 5.67. The van der Waals surface area contributed by atoms with E-state index in [-0.39, 0.29) is 11.8 Å². The Morgan fingerprint density at radius 3 is 2.74 bits per heavy atom. The first-order valence-electron chi connectivity index (χ1n) is 7.71. The molecule has 0 spiro atoms. The van der Waals surface area contributed by atoms with Gasteiger partial charge in [0.2, 0.25) is 5.91 Å². The number of aryl methyl sites for hydroxylation is 1. The number of hydrogen-bond donors (Lipinski definition) is 1. The molecular weight excluding hydrogens is 290 g/mol. The fourth-order valence-electron chi connectivity index (χ4n) is 2.30. The summed E-state index contributed by atoms with van der Waals surface area (Å²) in [6, 6.07) is 9.36. The molecule has 0 atom stereocenters. The molecule has 0 aliphatic carbocycles. The Labute approximate surface area is 134 Å². The summed E-state index contributed by atoms with van der Waals surface area (Å²) in [6.45, 7) is 4.07. The zero-order valence-electron chi connectivity index (χ0n) is 13.2. The van der Waals surface area contributed by atoms with E-state index in [2.05, 4.69) is 15.3 Å². The van der Waals surface area contributed by atoms with Crippen molar-refractivity contribution < 1.29 is 9.21 Å². The summed E-state index contributed by atoms with van der Waals surface area (Å²) >= 11 is 0. The molecule has 1 aromatic carbocycles. The van der Waals surface area contributed by atoms with Crippen LogP contribution in [0.1, 0.15) is 37.6 Å². The van der Waals surface area contributed by atoms with Crippen molar-refractivity contribution in [3.05, 3.63) is 54.2 Å². The van der Waals surface area contributed by atoms with Gasteiger partial charge in [0.1, 0.15) is 5.52 Å². The molecule has 3 aromatic rings. The Bertz CT molecular complexity index is 810. The average molecular weight is 309 g/mol. The van der Waals surface area contributed by atoms with Gasteiger partial charge in [-0.25, -0.2) is 4.98 Å². The number of rotatable bonds is 5. The van der Waals surface area contributed by atoms with Crippen LogP contribution in [-0.2, 0) is 11.2 Å². The summed E-state index contributed by atoms with van der Waals surface area (Å²) in [4.78, 5) is 20.5. The number of nitrogens with zero attached hydrogens (tertiary/aromatic N) is 2. The molecule has 118 valence electrons. The van der Waals surface area contributed by atoms with Crippen molar-refractivity contribution in [1.82, 2.24) is 9.97 Å². The quantitative estimate of drug-likeness (QED) is 0.775. The molecule has 0 fully saturated rings. The predicted octanol–water partition coefficient (Wildman–Crippen LogP) is 3.92. The van der Waals surface area contributed by atoms with Crippen LogP contribution in [0.3, 0.4) is 0 Å². The number of pyridine rings is 1. The lowest BCUT2D eigenvalue weighted by Gasteiger charge is -2.05. The second-order valence-electron chi connectivity index (χ2n) is 5.79. The summed E-state index contributed by atoms with van der Waals surface area (Å²) in [6.07, 6.45) is 4.59. The van der Waals surface area contributed by atoms with Crippen LogP contribution in [0.2, 0.25) is 0 Å². The number of carbonyl (C=O) groups excluding carboxylic acids is 1. The van der Waals surface area contributed by atoms with Crippen molar-refractivity contribution in [3.8, 4) is 0 Å². The standard InChI is InChI=1S/C18H19N3O2/c1-12(2)18-21-15-11-14(4-5-16(15)23-18)20-17(22)6-3-13-7-9-19-10-8-13/h4-5,7-12H,3,6H2,1-2H3,(H,20,22). The number of carbonyl (C=O) groups is 1. The maximum Gasteiger partial charge on any atom is 0.224 e. The molecule has 0 saturated heterocycles. The summed E-state index contributed by atoms with van der Waals surface area (Å²) in [5.74, 6) is 0.927. The van der Waals surface area contributed by atoms with Crippen molar-refractivity contribution in [2.75, 3.05) is 5.32 Å². The molecule has 0 aliphatic heterocycles. The second-order valence-corrected chi connectivity index (χ2v) is 5.79. The summed E-state index contributed by atoms with van der Waals surface area (Å²) in [7, 11) is 0. The van der Waals surface area contributed by atoms with Gasteiger partial charge >= 0.3 is 0 Å². The van der Waals surface area contributed by atoms with E-state index in [1.165, 1.54) is 0 Å². The van der Waals surface area contributed by atoms with E-state index in [1.807, 2.05) is 44.2 Å². The second kappa shape index (κ2) is 6.60. The van der Waals surface area contributed by atoms with Gasteiger partial charge in [-0.15, -0.1) is 0 Å². The number of nitrogens with one attached hydrogen (secondary N) is 1. The van der Waals surface area contributed by atoms with Crippen molar-refractivity contribution in [1.29, 1.82) is 0 Å². The molecule has 0 radical (unpaired) electrons. The minimum atomic E-state index is -0.0197. The van der Waals surface area contributed by atoms with Crippen LogP contribution >= 0.6 is 0 Å². The van der Waals surface area contributed by atoms with Crippen LogP contribution in [0, 0.1) is 0 Å². The van der Waals surface area contributed by atoms with Crippen LogP contribution in [0.25, 0.3) is 11.1 Å². The Kier molecular flexibility index (Phi) is 4.37. The fraction of sp³-hybridized carbons (Fsp3) is 0.278. The molecule has 0 bridgehead atoms. The Morgan fingerprint density at radius 2 is 2.00 bits per heavy atom. The van der Waals surface area contributed by atoms with Crippen LogP contribution < -0.4 is 5.32 Å². The topological polar surface area (TPSA) is 68.0 Å². The van der Waals surface area contributed by atoms with E-state index in [0.717, 1.165) is 22.4 Å². The van der Waals surface area contributed by atoms with Gasteiger partial charge in [-0.05, 0) is 42.3 Å². The Balaban J connectivity index is 1.65. The highest BCUT2D eigenvalue weighted by molar-refractivity contribution is 5.92. The van der Waals surface area contributed by atoms with E-state index in [9.17, 15) is 4.79 Å². The first-order valence-corrected chi connectivity index (χ1v) is 7.71. The van der Waals surface area contributed by atoms with E-state index in [0.29, 0.717) is 18.7 Å². The van der Waals surface area contributed by atoms with Crippen molar-refractivity contribution in [2.24, 2.45) is 0 Å². The predicted molar refractivity (Wildman–Crippen MR) is 89.3 cm³/mol. The van der Waals surface area contributed by atoms with E-state index < -0.39 is 0 Å². The maximum atomic E-state index is 12.1. The lowest BCUT2D eigenvalue weighted by atomic mass is 10.1. The van der Waals surface area contributed by atoms with Gasteiger partial charge in [0, 0.05) is 30.4 Å². The third-order valence-corrected chi connectivity index (χ3v) is 3.57. The smallest absolute Gasteiger partial charge is 0.224 e. The molecule has 3 rings (SSSR count). The fourth-order valence-corrected chi connectivity index (χ4v) is 2.30. The molecule has 1 amide bonds. The van der Waals surface area contributed by atoms with Crippen LogP contribution in [-0.4, -0.2) is 15.9 Å². The van der Waals surface area contributed by atoms with Gasteiger partial charge in [-0.2, -0.15) is 0 Å². The van der Waals surface area contributed by atoms with Crippen LogP contribution in [0.15, 0.2) is 47.1 Å². The lowest BCUT2D eigenvalue weighted by Crippen LogP contribution is -2.12. The van der Waals surface area contributed by atoms with Gasteiger partial charge < -0.3 is 9.73 Å². The van der Waals surface area contributed by atoms with Gasteiger partial charge in [0.05, 0.1) is 0 Å². The minimum Gasteiger partial charge on any atom is -0.440 e. The zero-order valence-corrected chi connectivity index (χ0v) is 13.2. The highest BCUT2D eigenvalue weighted by atomic mass is 16.3. The van der Waals surface area contributed by atoms with Gasteiger partial charge in [0.25, 0.3) is 0 Å². The molecule has 2 aromatic heterocycles. The van der Waals surface area contributed by atoms with Gasteiger partial charge in [-0.1, -0.05) is 13.8 Å². The van der Waals surface area contributed by atoms with Crippen LogP contribution in [0.5, 0.6) is 0 Å². The number of fused-ring (bicyclic) bond motifs is 1. The number of oxazole rings is 1. The number of benzene rings is 1. The molecule has 0 unspecified atom stereocenters. The van der Waals surface area contributed by atoms with Gasteiger partial charge in [-0.3, -0.25) is 9.78 Å². The Morgan fingerprint density at radius 1 is 1.22 bits per heavy atom. The van der Waals surface area contributed by atoms with E-state index >= 15 is 0 Å². The molecule has 0 saturated carbocycles. The van der Waals surface area contributed by atoms with Crippen molar-refractivity contribution >= 4 is 22.7 Å². The highest BCUT2D eigenvalue weighted by Gasteiger charge is 2.10. The third kappa shape index (κ3) is 3.74. The third-order valence-electron chi connectivity index (χ3n) is 3.57. The monoisotopic (exact) mass is 309 g/mol. The lowest BCUT2D eigenvalue weighted by molar-refractivity contribution is -0.116. The number of hydrogen-bond acceptors (Lipinski definition) is 4. The van der Waals surface area contributed by atoms with Crippen LogP contribution in [0.4, 0.5) is 5.69 Å². The normalized spacial score (nSPS) is 11.1. The zero-order chi connectivity index (χ0) is 16.2. The summed E-state index contributed by atoms with van der Waals surface area (Å²) in [5, 5.41) is 2.91. The van der Waals surface area contributed by atoms with Crippen molar-refractivity contribution in [2.45, 2.75) is 32.6 Å². The summed E-state index contributed by atoms with van der Waals surface area (Å²) in [5.41, 5.74) is 3.34. The molecule has 5 heteroatoms. The number of aromatic nitrogens is 2. The first-order chi connectivity index (χ1) is 11.1.